The molecule has 0 bridgehead atoms. The minimum absolute atomic E-state index is 0.113. The lowest BCUT2D eigenvalue weighted by Crippen LogP contribution is -2.00. The summed E-state index contributed by atoms with van der Waals surface area (Å²) in [4.78, 5) is 11.8. The van der Waals surface area contributed by atoms with E-state index in [0.717, 1.165) is 16.4 Å². The van der Waals surface area contributed by atoms with Gasteiger partial charge in [-0.05, 0) is 52.8 Å². The van der Waals surface area contributed by atoms with Gasteiger partial charge in [-0.1, -0.05) is 24.3 Å². The van der Waals surface area contributed by atoms with Crippen molar-refractivity contribution in [1.29, 1.82) is 0 Å². The quantitative estimate of drug-likeness (QED) is 0.458. The third-order valence-electron chi connectivity index (χ3n) is 3.10. The highest BCUT2D eigenvalue weighted by Gasteiger charge is 1.97. The highest BCUT2D eigenvalue weighted by atomic mass is 31.0. The number of rotatable bonds is 4. The number of nitrogens with two attached hydrogens (primary N) is 3. The summed E-state index contributed by atoms with van der Waals surface area (Å²) in [5.74, 6) is -0.113. The highest BCUT2D eigenvalue weighted by molar-refractivity contribution is 7.28. The molecule has 112 valence electrons. The Bertz CT molecular complexity index is 703. The SMILES string of the molecule is Nc1ccc(/C=C/C(=O)/C=C/c2ccc(N)c(P)c2)cc1N. The summed E-state index contributed by atoms with van der Waals surface area (Å²) in [6.07, 6.45) is 6.44. The summed E-state index contributed by atoms with van der Waals surface area (Å²) in [5.41, 5.74) is 20.6. The van der Waals surface area contributed by atoms with Gasteiger partial charge in [0.05, 0.1) is 11.4 Å². The van der Waals surface area contributed by atoms with Crippen LogP contribution in [0.3, 0.4) is 0 Å². The first-order chi connectivity index (χ1) is 10.5. The Morgan fingerprint density at radius 2 is 1.36 bits per heavy atom. The van der Waals surface area contributed by atoms with Gasteiger partial charge < -0.3 is 17.2 Å². The second-order valence-electron chi connectivity index (χ2n) is 4.85. The van der Waals surface area contributed by atoms with Crippen LogP contribution < -0.4 is 22.5 Å². The van der Waals surface area contributed by atoms with Crippen LogP contribution in [0.4, 0.5) is 17.1 Å². The van der Waals surface area contributed by atoms with Gasteiger partial charge in [-0.3, -0.25) is 4.79 Å². The molecule has 0 heterocycles. The van der Waals surface area contributed by atoms with Gasteiger partial charge in [-0.2, -0.15) is 0 Å². The molecule has 0 aliphatic heterocycles. The van der Waals surface area contributed by atoms with Gasteiger partial charge in [0, 0.05) is 5.69 Å². The van der Waals surface area contributed by atoms with Crippen molar-refractivity contribution in [2.24, 2.45) is 0 Å². The third kappa shape index (κ3) is 4.21. The van der Waals surface area contributed by atoms with Gasteiger partial charge in [0.2, 0.25) is 0 Å². The van der Waals surface area contributed by atoms with Gasteiger partial charge in [-0.25, -0.2) is 0 Å². The summed E-state index contributed by atoms with van der Waals surface area (Å²) >= 11 is 0. The summed E-state index contributed by atoms with van der Waals surface area (Å²) in [7, 11) is 2.56. The Balaban J connectivity index is 2.05. The predicted molar refractivity (Wildman–Crippen MR) is 98.5 cm³/mol. The van der Waals surface area contributed by atoms with E-state index < -0.39 is 0 Å². The van der Waals surface area contributed by atoms with Gasteiger partial charge >= 0.3 is 0 Å². The topological polar surface area (TPSA) is 95.1 Å². The average Bonchev–Trinajstić information content (AvgIpc) is 2.49. The summed E-state index contributed by atoms with van der Waals surface area (Å²) in [5, 5.41) is 0.905. The lowest BCUT2D eigenvalue weighted by molar-refractivity contribution is -0.110. The monoisotopic (exact) mass is 311 g/mol. The lowest BCUT2D eigenvalue weighted by atomic mass is 10.1. The van der Waals surface area contributed by atoms with E-state index in [1.54, 1.807) is 36.4 Å². The Morgan fingerprint density at radius 3 is 1.91 bits per heavy atom. The molecule has 0 aliphatic rings. The van der Waals surface area contributed by atoms with Crippen LogP contribution in [-0.2, 0) is 4.79 Å². The molecular weight excluding hydrogens is 293 g/mol. The molecule has 0 aromatic heterocycles. The fourth-order valence-electron chi connectivity index (χ4n) is 1.81. The van der Waals surface area contributed by atoms with E-state index in [4.69, 9.17) is 17.2 Å². The van der Waals surface area contributed by atoms with Crippen molar-refractivity contribution < 1.29 is 4.79 Å². The van der Waals surface area contributed by atoms with E-state index in [-0.39, 0.29) is 5.78 Å². The third-order valence-corrected chi connectivity index (χ3v) is 3.60. The van der Waals surface area contributed by atoms with E-state index in [1.807, 2.05) is 12.1 Å². The molecule has 0 radical (unpaired) electrons. The predicted octanol–water partition coefficient (Wildman–Crippen LogP) is 2.23. The highest BCUT2D eigenvalue weighted by Crippen LogP contribution is 2.17. The largest absolute Gasteiger partial charge is 0.398 e. The Hall–Kier alpha value is -2.58. The van der Waals surface area contributed by atoms with Crippen molar-refractivity contribution in [1.82, 2.24) is 0 Å². The number of anilines is 3. The first kappa shape index (κ1) is 15.8. The van der Waals surface area contributed by atoms with Crippen LogP contribution in [-0.4, -0.2) is 5.78 Å². The summed E-state index contributed by atoms with van der Waals surface area (Å²) < 4.78 is 0. The van der Waals surface area contributed by atoms with Crippen molar-refractivity contribution in [2.45, 2.75) is 0 Å². The van der Waals surface area contributed by atoms with Gasteiger partial charge in [0.1, 0.15) is 0 Å². The number of carbonyl (C=O) groups excluding carboxylic acids is 1. The zero-order chi connectivity index (χ0) is 16.1. The van der Waals surface area contributed by atoms with Crippen LogP contribution in [0.2, 0.25) is 0 Å². The minimum Gasteiger partial charge on any atom is -0.398 e. The second-order valence-corrected chi connectivity index (χ2v) is 5.47. The molecule has 4 nitrogen and oxygen atoms in total. The maximum Gasteiger partial charge on any atom is 0.178 e. The number of allylic oxidation sites excluding steroid dienone is 2. The van der Waals surface area contributed by atoms with Crippen LogP contribution in [0.25, 0.3) is 12.2 Å². The molecule has 0 spiro atoms. The number of carbonyl (C=O) groups is 1. The number of nitrogen functional groups attached to an aromatic ring is 3. The van der Waals surface area contributed by atoms with Crippen LogP contribution in [0.15, 0.2) is 48.6 Å². The molecule has 0 amide bonds. The number of hydrogen-bond acceptors (Lipinski definition) is 4. The average molecular weight is 311 g/mol. The molecule has 2 aromatic rings. The normalized spacial score (nSPS) is 11.3. The molecule has 1 atom stereocenters. The standard InChI is InChI=1S/C17H18N3OP/c18-14-7-3-11(9-16(14)20)1-5-13(21)6-2-12-4-8-15(19)17(22)10-12/h1-10H,18-20,22H2/b5-1+,6-2+. The molecular formula is C17H18N3OP. The molecule has 0 saturated carbocycles. The molecule has 5 heteroatoms. The smallest absolute Gasteiger partial charge is 0.178 e. The minimum atomic E-state index is -0.113. The molecule has 0 fully saturated rings. The van der Waals surface area contributed by atoms with E-state index in [1.165, 1.54) is 12.2 Å². The number of benzene rings is 2. The first-order valence-corrected chi connectivity index (χ1v) is 7.23. The summed E-state index contributed by atoms with van der Waals surface area (Å²) in [6.45, 7) is 0. The van der Waals surface area contributed by atoms with Gasteiger partial charge in [-0.15, -0.1) is 9.24 Å². The molecule has 0 aliphatic carbocycles. The Kier molecular flexibility index (Phi) is 4.97. The van der Waals surface area contributed by atoms with Crippen molar-refractivity contribution in [2.75, 3.05) is 17.2 Å². The van der Waals surface area contributed by atoms with Crippen LogP contribution in [0.1, 0.15) is 11.1 Å². The van der Waals surface area contributed by atoms with Crippen LogP contribution in [0.5, 0.6) is 0 Å². The molecule has 0 saturated heterocycles. The van der Waals surface area contributed by atoms with E-state index in [0.29, 0.717) is 17.1 Å². The summed E-state index contributed by atoms with van der Waals surface area (Å²) in [6, 6.07) is 10.8. The molecule has 1 unspecified atom stereocenters. The molecule has 2 rings (SSSR count). The number of ketones is 1. The number of hydrogen-bond donors (Lipinski definition) is 3. The van der Waals surface area contributed by atoms with Crippen molar-refractivity contribution in [3.63, 3.8) is 0 Å². The molecule has 6 N–H and O–H groups in total. The van der Waals surface area contributed by atoms with Crippen molar-refractivity contribution >= 4 is 49.5 Å². The van der Waals surface area contributed by atoms with Crippen molar-refractivity contribution in [3.8, 4) is 0 Å². The Morgan fingerprint density at radius 1 is 0.818 bits per heavy atom. The van der Waals surface area contributed by atoms with E-state index in [9.17, 15) is 4.79 Å². The molecule has 2 aromatic carbocycles. The van der Waals surface area contributed by atoms with E-state index in [2.05, 4.69) is 9.24 Å². The second kappa shape index (κ2) is 6.92. The Labute approximate surface area is 131 Å². The maximum atomic E-state index is 11.8. The zero-order valence-electron chi connectivity index (χ0n) is 12.0. The zero-order valence-corrected chi connectivity index (χ0v) is 13.1. The fraction of sp³-hybridized carbons (Fsp3) is 0. The van der Waals surface area contributed by atoms with Gasteiger partial charge in [0.25, 0.3) is 0 Å². The van der Waals surface area contributed by atoms with Crippen molar-refractivity contribution in [3.05, 3.63) is 59.7 Å². The van der Waals surface area contributed by atoms with Crippen LogP contribution >= 0.6 is 9.24 Å². The van der Waals surface area contributed by atoms with E-state index >= 15 is 0 Å². The lowest BCUT2D eigenvalue weighted by Gasteiger charge is -2.00. The van der Waals surface area contributed by atoms with Crippen LogP contribution in [0, 0.1) is 0 Å². The molecule has 22 heavy (non-hydrogen) atoms. The fourth-order valence-corrected chi connectivity index (χ4v) is 2.09. The maximum absolute atomic E-state index is 11.8. The van der Waals surface area contributed by atoms with Gasteiger partial charge in [0.15, 0.2) is 5.78 Å². The first-order valence-electron chi connectivity index (χ1n) is 6.66.